The fourth-order valence-corrected chi connectivity index (χ4v) is 5.95. The first-order chi connectivity index (χ1) is 16.5. The second kappa shape index (κ2) is 10.0. The van der Waals surface area contributed by atoms with Gasteiger partial charge in [-0.25, -0.2) is 0 Å². The average Bonchev–Trinajstić information content (AvgIpc) is 3.17. The Morgan fingerprint density at radius 1 is 1.06 bits per heavy atom. The summed E-state index contributed by atoms with van der Waals surface area (Å²) in [5, 5.41) is 9.65. The number of piperazine rings is 1. The molecule has 0 spiro atoms. The number of anilines is 1. The summed E-state index contributed by atoms with van der Waals surface area (Å²) in [5.74, 6) is -0.234. The quantitative estimate of drug-likeness (QED) is 0.453. The third-order valence-electron chi connectivity index (χ3n) is 7.97. The second-order valence-electron chi connectivity index (χ2n) is 10.2. The lowest BCUT2D eigenvalue weighted by atomic mass is 9.81. The van der Waals surface area contributed by atoms with Crippen LogP contribution in [0.2, 0.25) is 0 Å². The molecule has 3 amide bonds. The number of rotatable bonds is 6. The van der Waals surface area contributed by atoms with Gasteiger partial charge in [0.1, 0.15) is 6.04 Å². The number of imide groups is 1. The van der Waals surface area contributed by atoms with E-state index in [4.69, 9.17) is 5.73 Å². The summed E-state index contributed by atoms with van der Waals surface area (Å²) in [4.78, 5) is 41.4. The molecule has 0 radical (unpaired) electrons. The van der Waals surface area contributed by atoms with Crippen molar-refractivity contribution in [3.8, 4) is 0 Å². The van der Waals surface area contributed by atoms with Crippen LogP contribution in [0.15, 0.2) is 18.2 Å². The number of amides is 3. The van der Waals surface area contributed by atoms with E-state index in [0.717, 1.165) is 69.7 Å². The Labute approximate surface area is 200 Å². The Balaban J connectivity index is 1.35. The van der Waals surface area contributed by atoms with Crippen LogP contribution in [0.3, 0.4) is 0 Å². The Hall–Kier alpha value is -2.49. The highest BCUT2D eigenvalue weighted by atomic mass is 16.2. The van der Waals surface area contributed by atoms with E-state index in [0.29, 0.717) is 30.5 Å². The number of hydrogen-bond acceptors (Lipinski definition) is 7. The Kier molecular flexibility index (Phi) is 6.85. The third-order valence-corrected chi connectivity index (χ3v) is 7.97. The fraction of sp³-hybridized carbons (Fsp3) is 0.640. The molecule has 1 aromatic carbocycles. The van der Waals surface area contributed by atoms with Gasteiger partial charge in [-0.1, -0.05) is 6.07 Å². The molecule has 1 aliphatic carbocycles. The van der Waals surface area contributed by atoms with Gasteiger partial charge in [0.25, 0.3) is 5.91 Å². The van der Waals surface area contributed by atoms with Crippen molar-refractivity contribution in [1.29, 1.82) is 0 Å². The lowest BCUT2D eigenvalue weighted by molar-refractivity contribution is -0.136. The van der Waals surface area contributed by atoms with Crippen molar-refractivity contribution in [2.24, 2.45) is 11.7 Å². The van der Waals surface area contributed by atoms with E-state index in [1.54, 1.807) is 4.90 Å². The number of carbonyl (C=O) groups excluding carboxylic acids is 3. The van der Waals surface area contributed by atoms with Gasteiger partial charge in [0, 0.05) is 74.6 Å². The molecule has 9 nitrogen and oxygen atoms in total. The molecular formula is C25H36N6O3. The molecule has 34 heavy (non-hydrogen) atoms. The summed E-state index contributed by atoms with van der Waals surface area (Å²) < 4.78 is 0. The van der Waals surface area contributed by atoms with Gasteiger partial charge in [0.05, 0.1) is 0 Å². The van der Waals surface area contributed by atoms with Gasteiger partial charge in [-0.2, -0.15) is 0 Å². The van der Waals surface area contributed by atoms with Crippen molar-refractivity contribution in [3.63, 3.8) is 0 Å². The molecule has 1 aromatic rings. The van der Waals surface area contributed by atoms with E-state index >= 15 is 0 Å². The van der Waals surface area contributed by atoms with E-state index in [9.17, 15) is 14.4 Å². The SMILES string of the molecule is NC1CCC([C@H](CN2CCNCC2)Nc2cccc3c2CN([C@@H]2CCC(=O)NC2=O)C3=O)CC1. The molecule has 3 heterocycles. The first-order valence-electron chi connectivity index (χ1n) is 12.7. The molecule has 0 unspecified atom stereocenters. The standard InChI is InChI=1S/C25H36N6O3/c26-17-6-4-16(5-7-17)21(15-30-12-10-27-11-13-30)28-20-3-1-2-18-19(20)14-31(25(18)34)22-8-9-23(32)29-24(22)33/h1-3,16-17,21-22,27-28H,4-15,26H2,(H,29,32,33)/t16?,17?,21-,22+/m0/s1. The van der Waals surface area contributed by atoms with Crippen LogP contribution < -0.4 is 21.7 Å². The molecule has 5 N–H and O–H groups in total. The van der Waals surface area contributed by atoms with Gasteiger partial charge in [-0.15, -0.1) is 0 Å². The van der Waals surface area contributed by atoms with Crippen molar-refractivity contribution in [3.05, 3.63) is 29.3 Å². The molecule has 2 saturated heterocycles. The minimum Gasteiger partial charge on any atom is -0.380 e. The highest BCUT2D eigenvalue weighted by Crippen LogP contribution is 2.35. The smallest absolute Gasteiger partial charge is 0.255 e. The number of hydrogen-bond donors (Lipinski definition) is 4. The van der Waals surface area contributed by atoms with Gasteiger partial charge in [-0.3, -0.25) is 24.6 Å². The predicted octanol–water partition coefficient (Wildman–Crippen LogP) is 0.651. The molecule has 5 rings (SSSR count). The maximum Gasteiger partial charge on any atom is 0.255 e. The average molecular weight is 469 g/mol. The molecule has 3 fully saturated rings. The van der Waals surface area contributed by atoms with Crippen LogP contribution >= 0.6 is 0 Å². The first kappa shape index (κ1) is 23.3. The Morgan fingerprint density at radius 3 is 2.56 bits per heavy atom. The maximum atomic E-state index is 13.2. The van der Waals surface area contributed by atoms with Gasteiger partial charge >= 0.3 is 0 Å². The van der Waals surface area contributed by atoms with Crippen LogP contribution in [0.1, 0.15) is 54.4 Å². The van der Waals surface area contributed by atoms with Gasteiger partial charge in [0.2, 0.25) is 11.8 Å². The molecule has 4 aliphatic rings. The van der Waals surface area contributed by atoms with E-state index < -0.39 is 6.04 Å². The first-order valence-corrected chi connectivity index (χ1v) is 12.7. The molecule has 184 valence electrons. The van der Waals surface area contributed by atoms with Crippen molar-refractivity contribution in [2.75, 3.05) is 38.0 Å². The highest BCUT2D eigenvalue weighted by Gasteiger charge is 2.40. The Morgan fingerprint density at radius 2 is 1.82 bits per heavy atom. The summed E-state index contributed by atoms with van der Waals surface area (Å²) in [5.41, 5.74) is 8.78. The zero-order chi connectivity index (χ0) is 23.7. The number of fused-ring (bicyclic) bond motifs is 1. The maximum absolute atomic E-state index is 13.2. The van der Waals surface area contributed by atoms with Crippen LogP contribution in [0, 0.1) is 5.92 Å². The molecule has 9 heteroatoms. The minimum atomic E-state index is -0.595. The predicted molar refractivity (Wildman–Crippen MR) is 129 cm³/mol. The normalized spacial score (nSPS) is 29.0. The highest BCUT2D eigenvalue weighted by molar-refractivity contribution is 6.06. The van der Waals surface area contributed by atoms with Crippen molar-refractivity contribution < 1.29 is 14.4 Å². The third kappa shape index (κ3) is 4.82. The summed E-state index contributed by atoms with van der Waals surface area (Å²) in [6.07, 6.45) is 4.97. The minimum absolute atomic E-state index is 0.129. The van der Waals surface area contributed by atoms with E-state index in [1.165, 1.54) is 0 Å². The van der Waals surface area contributed by atoms with Gasteiger partial charge < -0.3 is 21.3 Å². The van der Waals surface area contributed by atoms with Gasteiger partial charge in [0.15, 0.2) is 0 Å². The largest absolute Gasteiger partial charge is 0.380 e. The topological polar surface area (TPSA) is 120 Å². The molecule has 2 atom stereocenters. The number of nitrogens with zero attached hydrogens (tertiary/aromatic N) is 2. The van der Waals surface area contributed by atoms with Gasteiger partial charge in [-0.05, 0) is 50.2 Å². The lowest BCUT2D eigenvalue weighted by Gasteiger charge is -2.38. The number of piperidine rings is 1. The monoisotopic (exact) mass is 468 g/mol. The van der Waals surface area contributed by atoms with Crippen molar-refractivity contribution >= 4 is 23.4 Å². The van der Waals surface area contributed by atoms with Crippen molar-refractivity contribution in [1.82, 2.24) is 20.4 Å². The number of nitrogens with one attached hydrogen (secondary N) is 3. The van der Waals surface area contributed by atoms with Crippen molar-refractivity contribution in [2.45, 2.75) is 63.2 Å². The van der Waals surface area contributed by atoms with Crippen LogP contribution in [0.4, 0.5) is 5.69 Å². The molecule has 1 saturated carbocycles. The van der Waals surface area contributed by atoms with E-state index in [2.05, 4.69) is 26.9 Å². The van der Waals surface area contributed by atoms with Crippen LogP contribution in [0.5, 0.6) is 0 Å². The van der Waals surface area contributed by atoms with E-state index in [1.807, 2.05) is 12.1 Å². The lowest BCUT2D eigenvalue weighted by Crippen LogP contribution is -2.52. The number of carbonyl (C=O) groups is 3. The number of benzene rings is 1. The molecule has 3 aliphatic heterocycles. The van der Waals surface area contributed by atoms with Crippen LogP contribution in [-0.2, 0) is 16.1 Å². The summed E-state index contributed by atoms with van der Waals surface area (Å²) in [7, 11) is 0. The zero-order valence-corrected chi connectivity index (χ0v) is 19.7. The summed E-state index contributed by atoms with van der Waals surface area (Å²) in [6.45, 7) is 5.46. The zero-order valence-electron chi connectivity index (χ0n) is 19.7. The number of nitrogens with two attached hydrogens (primary N) is 1. The van der Waals surface area contributed by atoms with Crippen LogP contribution in [0.25, 0.3) is 0 Å². The Bertz CT molecular complexity index is 939. The summed E-state index contributed by atoms with van der Waals surface area (Å²) >= 11 is 0. The van der Waals surface area contributed by atoms with E-state index in [-0.39, 0.29) is 30.2 Å². The molecule has 0 bridgehead atoms. The second-order valence-corrected chi connectivity index (χ2v) is 10.2. The fourth-order valence-electron chi connectivity index (χ4n) is 5.95. The van der Waals surface area contributed by atoms with Crippen LogP contribution in [-0.4, -0.2) is 78.4 Å². The summed E-state index contributed by atoms with van der Waals surface area (Å²) in [6, 6.07) is 5.81. The molecule has 0 aromatic heterocycles. The molecular weight excluding hydrogens is 432 g/mol.